The molecule has 6 atom stereocenters. The average Bonchev–Trinajstić information content (AvgIpc) is 3.18. The summed E-state index contributed by atoms with van der Waals surface area (Å²) in [5.74, 6) is -2.05. The molecule has 0 aromatic rings. The van der Waals surface area contributed by atoms with Gasteiger partial charge in [0.15, 0.2) is 12.4 Å². The van der Waals surface area contributed by atoms with Gasteiger partial charge in [0, 0.05) is 12.8 Å². The number of hydrogen-bond donors (Lipinski definition) is 4. The van der Waals surface area contributed by atoms with Gasteiger partial charge in [0.2, 0.25) is 0 Å². The van der Waals surface area contributed by atoms with Crippen molar-refractivity contribution in [3.8, 4) is 0 Å². The number of ether oxygens (including phenoxy) is 4. The van der Waals surface area contributed by atoms with Crippen LogP contribution < -0.4 is 0 Å². The molecule has 1 heterocycles. The highest BCUT2D eigenvalue weighted by Gasteiger charge is 2.46. The molecule has 4 N–H and O–H groups in total. The van der Waals surface area contributed by atoms with Crippen molar-refractivity contribution in [1.82, 2.24) is 0 Å². The van der Waals surface area contributed by atoms with Gasteiger partial charge in [-0.1, -0.05) is 125 Å². The fourth-order valence-electron chi connectivity index (χ4n) is 5.92. The molecule has 13 heteroatoms. The Hall–Kier alpha value is -2.91. The molecule has 0 aromatic heterocycles. The smallest absolute Gasteiger partial charge is 0.306 e. The van der Waals surface area contributed by atoms with Gasteiger partial charge in [-0.25, -0.2) is 0 Å². The van der Waals surface area contributed by atoms with Crippen LogP contribution in [0.25, 0.3) is 0 Å². The minimum Gasteiger partial charge on any atom is -0.462 e. The Bertz CT molecular complexity index is 1350. The molecule has 1 aliphatic rings. The Morgan fingerprint density at radius 3 is 1.66 bits per heavy atom. The molecule has 58 heavy (non-hydrogen) atoms. The number of hydrogen-bond acceptors (Lipinski definition) is 11. The van der Waals surface area contributed by atoms with Crippen molar-refractivity contribution in [3.63, 3.8) is 0 Å². The molecule has 0 spiro atoms. The Kier molecular flexibility index (Phi) is 32.0. The standard InChI is InChI=1S/C45H74O12S/c1-3-5-7-9-11-13-15-16-17-18-19-20-21-22-24-25-27-29-31-33-40(46)54-35-38(56-41(47)34-32-30-28-26-23-14-12-10-8-6-4-2)36-55-45-44(50)43(49)42(48)39(57-45)37-58(51,52)53/h5,7,10-13,16-17,19-20,22,24,38-39,42-45,48-50H,3-4,6,8-9,14-15,18,21,23,25-37H2,1-2H3,(H,51,52,53)/b7-5+,12-10+,13-11+,17-16+,20-19+,24-22+/t38-,39-,42-,43?,44?,45+/m1/s1. The maximum Gasteiger partial charge on any atom is 0.306 e. The summed E-state index contributed by atoms with van der Waals surface area (Å²) in [6.45, 7) is 3.54. The molecule has 12 nitrogen and oxygen atoms in total. The van der Waals surface area contributed by atoms with Crippen LogP contribution in [0.4, 0.5) is 0 Å². The van der Waals surface area contributed by atoms with Crippen molar-refractivity contribution < 1.29 is 56.8 Å². The monoisotopic (exact) mass is 838 g/mol. The predicted octanol–water partition coefficient (Wildman–Crippen LogP) is 8.33. The summed E-state index contributed by atoms with van der Waals surface area (Å²) >= 11 is 0. The lowest BCUT2D eigenvalue weighted by Gasteiger charge is -2.40. The first-order valence-corrected chi connectivity index (χ1v) is 23.1. The molecule has 0 bridgehead atoms. The van der Waals surface area contributed by atoms with Crippen LogP contribution in [-0.2, 0) is 38.7 Å². The zero-order valence-electron chi connectivity index (χ0n) is 35.1. The first-order chi connectivity index (χ1) is 28.0. The lowest BCUT2D eigenvalue weighted by Crippen LogP contribution is -2.60. The number of rotatable bonds is 34. The van der Waals surface area contributed by atoms with Crippen LogP contribution in [-0.4, -0.2) is 96.0 Å². The second kappa shape index (κ2) is 34.9. The van der Waals surface area contributed by atoms with E-state index in [1.165, 1.54) is 12.8 Å². The zero-order valence-corrected chi connectivity index (χ0v) is 35.9. The van der Waals surface area contributed by atoms with Crippen molar-refractivity contribution in [2.45, 2.75) is 179 Å². The number of carbonyl (C=O) groups excluding carboxylic acids is 2. The van der Waals surface area contributed by atoms with Crippen molar-refractivity contribution in [1.29, 1.82) is 0 Å². The Labute approximate surface area is 348 Å². The van der Waals surface area contributed by atoms with E-state index >= 15 is 0 Å². The van der Waals surface area contributed by atoms with Crippen LogP contribution in [0.15, 0.2) is 72.9 Å². The molecule has 0 radical (unpaired) electrons. The van der Waals surface area contributed by atoms with E-state index < -0.39 is 71.2 Å². The molecule has 0 aromatic carbocycles. The molecule has 1 rings (SSSR count). The van der Waals surface area contributed by atoms with Crippen LogP contribution in [0.1, 0.15) is 142 Å². The Balaban J connectivity index is 2.48. The van der Waals surface area contributed by atoms with Gasteiger partial charge in [0.05, 0.1) is 6.61 Å². The van der Waals surface area contributed by atoms with Gasteiger partial charge >= 0.3 is 11.9 Å². The third kappa shape index (κ3) is 29.3. The molecule has 1 fully saturated rings. The summed E-state index contributed by atoms with van der Waals surface area (Å²) in [6, 6.07) is 0. The number of carbonyl (C=O) groups is 2. The van der Waals surface area contributed by atoms with Crippen LogP contribution in [0.2, 0.25) is 0 Å². The van der Waals surface area contributed by atoms with Crippen molar-refractivity contribution in [3.05, 3.63) is 72.9 Å². The summed E-state index contributed by atoms with van der Waals surface area (Å²) in [7, 11) is -4.61. The van der Waals surface area contributed by atoms with Gasteiger partial charge < -0.3 is 34.3 Å². The van der Waals surface area contributed by atoms with Crippen molar-refractivity contribution >= 4 is 22.1 Å². The molecular formula is C45H74O12S. The van der Waals surface area contributed by atoms with Gasteiger partial charge in [-0.3, -0.25) is 14.1 Å². The van der Waals surface area contributed by atoms with E-state index in [-0.39, 0.29) is 19.4 Å². The number of allylic oxidation sites excluding steroid dienone is 12. The van der Waals surface area contributed by atoms with Crippen molar-refractivity contribution in [2.75, 3.05) is 19.0 Å². The third-order valence-corrected chi connectivity index (χ3v) is 10.0. The van der Waals surface area contributed by atoms with Crippen LogP contribution in [0.5, 0.6) is 0 Å². The zero-order chi connectivity index (χ0) is 42.7. The second-order valence-corrected chi connectivity index (χ2v) is 16.1. The fraction of sp³-hybridized carbons (Fsp3) is 0.689. The molecular weight excluding hydrogens is 765 g/mol. The summed E-state index contributed by atoms with van der Waals surface area (Å²) in [5, 5.41) is 30.8. The minimum atomic E-state index is -4.61. The number of esters is 2. The third-order valence-electron chi connectivity index (χ3n) is 9.27. The maximum absolute atomic E-state index is 12.7. The summed E-state index contributed by atoms with van der Waals surface area (Å²) in [5.41, 5.74) is 0. The van der Waals surface area contributed by atoms with Gasteiger partial charge in [0.1, 0.15) is 36.8 Å². The molecule has 2 unspecified atom stereocenters. The van der Waals surface area contributed by atoms with E-state index in [1.54, 1.807) is 0 Å². The van der Waals surface area contributed by atoms with Gasteiger partial charge in [0.25, 0.3) is 10.1 Å². The normalized spacial score (nSPS) is 21.1. The van der Waals surface area contributed by atoms with Gasteiger partial charge in [-0.15, -0.1) is 0 Å². The second-order valence-electron chi connectivity index (χ2n) is 14.6. The highest BCUT2D eigenvalue weighted by molar-refractivity contribution is 7.85. The topological polar surface area (TPSA) is 186 Å². The average molecular weight is 839 g/mol. The van der Waals surface area contributed by atoms with E-state index in [1.807, 2.05) is 0 Å². The Morgan fingerprint density at radius 2 is 1.09 bits per heavy atom. The van der Waals surface area contributed by atoms with E-state index in [0.717, 1.165) is 89.9 Å². The summed E-state index contributed by atoms with van der Waals surface area (Å²) in [6.07, 6.45) is 33.8. The maximum atomic E-state index is 12.7. The molecule has 0 amide bonds. The van der Waals surface area contributed by atoms with Crippen LogP contribution in [0.3, 0.4) is 0 Å². The number of unbranched alkanes of at least 4 members (excludes halogenated alkanes) is 10. The van der Waals surface area contributed by atoms with Gasteiger partial charge in [-0.2, -0.15) is 8.42 Å². The van der Waals surface area contributed by atoms with E-state index in [2.05, 4.69) is 86.8 Å². The largest absolute Gasteiger partial charge is 0.462 e. The lowest BCUT2D eigenvalue weighted by atomic mass is 10.00. The molecule has 332 valence electrons. The fourth-order valence-corrected chi connectivity index (χ4v) is 6.61. The molecule has 1 aliphatic heterocycles. The Morgan fingerprint density at radius 1 is 0.603 bits per heavy atom. The molecule has 0 saturated carbocycles. The van der Waals surface area contributed by atoms with Crippen LogP contribution in [0, 0.1) is 0 Å². The van der Waals surface area contributed by atoms with Crippen molar-refractivity contribution in [2.24, 2.45) is 0 Å². The van der Waals surface area contributed by atoms with E-state index in [0.29, 0.717) is 12.8 Å². The molecule has 1 saturated heterocycles. The number of aliphatic hydroxyl groups is 3. The SMILES string of the molecule is CC/C=C/C/C=C/C/C=C/C/C=C/C/C=C/CCCCCC(=O)OC[C@H](CO[C@H]1O[C@H](CS(=O)(=O)O)[C@@H](O)C(O)C1O)OC(=O)CCCCCCC/C=C/CCCC. The summed E-state index contributed by atoms with van der Waals surface area (Å²) in [4.78, 5) is 25.3. The number of aliphatic hydroxyl groups excluding tert-OH is 3. The first-order valence-electron chi connectivity index (χ1n) is 21.5. The first kappa shape index (κ1) is 53.1. The van der Waals surface area contributed by atoms with Crippen LogP contribution >= 0.6 is 0 Å². The van der Waals surface area contributed by atoms with Gasteiger partial charge in [-0.05, 0) is 77.0 Å². The van der Waals surface area contributed by atoms with E-state index in [4.69, 9.17) is 18.9 Å². The highest BCUT2D eigenvalue weighted by atomic mass is 32.2. The lowest BCUT2D eigenvalue weighted by molar-refractivity contribution is -0.297. The van der Waals surface area contributed by atoms with E-state index in [9.17, 15) is 37.9 Å². The predicted molar refractivity (Wildman–Crippen MR) is 228 cm³/mol. The minimum absolute atomic E-state index is 0.142. The summed E-state index contributed by atoms with van der Waals surface area (Å²) < 4.78 is 53.9. The molecule has 0 aliphatic carbocycles. The highest BCUT2D eigenvalue weighted by Crippen LogP contribution is 2.24. The quantitative estimate of drug-likeness (QED) is 0.0210.